The monoisotopic (exact) mass is 659 g/mol. The van der Waals surface area contributed by atoms with E-state index in [0.29, 0.717) is 0 Å². The van der Waals surface area contributed by atoms with Gasteiger partial charge in [0, 0.05) is 38.1 Å². The van der Waals surface area contributed by atoms with Gasteiger partial charge in [0.15, 0.2) is 0 Å². The molecule has 0 bridgehead atoms. The van der Waals surface area contributed by atoms with Gasteiger partial charge in [0.1, 0.15) is 11.2 Å². The van der Waals surface area contributed by atoms with E-state index in [0.717, 1.165) is 55.0 Å². The summed E-state index contributed by atoms with van der Waals surface area (Å²) in [4.78, 5) is 5.37. The first-order valence-electron chi connectivity index (χ1n) is 18.0. The van der Waals surface area contributed by atoms with Crippen molar-refractivity contribution in [2.24, 2.45) is 0 Å². The molecule has 8 aromatic carbocycles. The molecule has 2 aliphatic rings. The summed E-state index contributed by atoms with van der Waals surface area (Å²) in [5, 5.41) is 5.67. The lowest BCUT2D eigenvalue weighted by Crippen LogP contribution is -2.25. The largest absolute Gasteiger partial charge is 0.455 e. The molecule has 12 rings (SSSR count). The predicted molar refractivity (Wildman–Crippen MR) is 214 cm³/mol. The van der Waals surface area contributed by atoms with Crippen molar-refractivity contribution in [2.75, 3.05) is 0 Å². The highest BCUT2D eigenvalue weighted by Gasteiger charge is 2.52. The van der Waals surface area contributed by atoms with E-state index in [1.807, 2.05) is 0 Å². The zero-order chi connectivity index (χ0) is 34.0. The molecule has 2 aliphatic carbocycles. The van der Waals surface area contributed by atoms with Crippen molar-refractivity contribution in [3.05, 3.63) is 198 Å². The lowest BCUT2D eigenvalue weighted by molar-refractivity contribution is 0.670. The van der Waals surface area contributed by atoms with Crippen LogP contribution in [0.1, 0.15) is 22.3 Å². The third kappa shape index (κ3) is 3.42. The van der Waals surface area contributed by atoms with Crippen LogP contribution in [0.15, 0.2) is 180 Å². The van der Waals surface area contributed by atoms with Crippen molar-refractivity contribution in [1.29, 1.82) is 0 Å². The third-order valence-corrected chi connectivity index (χ3v) is 11.7. The van der Waals surface area contributed by atoms with Gasteiger partial charge in [-0.2, -0.15) is 0 Å². The van der Waals surface area contributed by atoms with Gasteiger partial charge >= 0.3 is 0 Å². The van der Waals surface area contributed by atoms with Gasteiger partial charge in [0.05, 0.1) is 16.6 Å². The van der Waals surface area contributed by atoms with Crippen LogP contribution in [0.4, 0.5) is 0 Å². The van der Waals surface area contributed by atoms with E-state index in [9.17, 15) is 0 Å². The predicted octanol–water partition coefficient (Wildman–Crippen LogP) is 13.0. The summed E-state index contributed by atoms with van der Waals surface area (Å²) >= 11 is 0. The highest BCUT2D eigenvalue weighted by atomic mass is 16.3. The van der Waals surface area contributed by atoms with Gasteiger partial charge in [-0.3, -0.25) is 0 Å². The van der Waals surface area contributed by atoms with Crippen LogP contribution in [0.2, 0.25) is 0 Å². The van der Waals surface area contributed by atoms with Crippen molar-refractivity contribution >= 4 is 43.6 Å². The number of pyridine rings is 1. The Hall–Kier alpha value is -6.77. The van der Waals surface area contributed by atoms with E-state index < -0.39 is 5.41 Å². The van der Waals surface area contributed by atoms with Crippen LogP contribution in [-0.2, 0) is 5.41 Å². The number of nitrogens with zero attached hydrogens (tertiary/aromatic N) is 1. The van der Waals surface area contributed by atoms with Gasteiger partial charge < -0.3 is 4.42 Å². The highest BCUT2D eigenvalue weighted by Crippen LogP contribution is 2.64. The Labute approximate surface area is 300 Å². The number of benzene rings is 8. The Kier molecular flexibility index (Phi) is 5.46. The number of hydrogen-bond acceptors (Lipinski definition) is 2. The second kappa shape index (κ2) is 10.2. The Bertz CT molecular complexity index is 3090. The average molecular weight is 660 g/mol. The zero-order valence-corrected chi connectivity index (χ0v) is 28.1. The molecule has 0 aliphatic heterocycles. The molecule has 2 aromatic heterocycles. The molecule has 52 heavy (non-hydrogen) atoms. The quantitative estimate of drug-likeness (QED) is 0.173. The number of para-hydroxylation sites is 2. The molecular weight excluding hydrogens is 631 g/mol. The maximum atomic E-state index is 7.00. The van der Waals surface area contributed by atoms with Gasteiger partial charge in [0.25, 0.3) is 0 Å². The van der Waals surface area contributed by atoms with Crippen molar-refractivity contribution in [1.82, 2.24) is 4.98 Å². The number of fused-ring (bicyclic) bond motifs is 17. The highest BCUT2D eigenvalue weighted by molar-refractivity contribution is 6.31. The van der Waals surface area contributed by atoms with Gasteiger partial charge in [-0.05, 0) is 68.3 Å². The minimum Gasteiger partial charge on any atom is -0.455 e. The minimum absolute atomic E-state index is 0.425. The fourth-order valence-corrected chi connectivity index (χ4v) is 9.71. The summed E-state index contributed by atoms with van der Waals surface area (Å²) in [5.41, 5.74) is 17.1. The van der Waals surface area contributed by atoms with Crippen LogP contribution in [-0.4, -0.2) is 4.98 Å². The molecular formula is C50H29NO. The normalized spacial score (nSPS) is 13.5. The number of aromatic nitrogens is 1. The van der Waals surface area contributed by atoms with Gasteiger partial charge in [-0.25, -0.2) is 4.98 Å². The molecule has 0 radical (unpaired) electrons. The van der Waals surface area contributed by atoms with E-state index in [4.69, 9.17) is 9.40 Å². The van der Waals surface area contributed by atoms with Crippen molar-refractivity contribution in [2.45, 2.75) is 5.41 Å². The smallest absolute Gasteiger partial charge is 0.143 e. The van der Waals surface area contributed by atoms with E-state index >= 15 is 0 Å². The van der Waals surface area contributed by atoms with Crippen LogP contribution in [0.25, 0.3) is 88.3 Å². The standard InChI is InChI=1S/C50H29NO/c1-2-15-30(16-3-1)48-38-29-37(49-47(36-21-8-13-28-44(36)52-49)46(38)35-20-7-12-27-43(35)51-48)33-22-14-26-42-45(33)34-19-6-11-25-41(34)50(42)39-23-9-4-17-31(39)32-18-5-10-24-40(32)50/h1-29H. The van der Waals surface area contributed by atoms with Crippen LogP contribution in [0.3, 0.4) is 0 Å². The maximum Gasteiger partial charge on any atom is 0.143 e. The summed E-state index contributed by atoms with van der Waals surface area (Å²) in [6, 6.07) is 63.9. The van der Waals surface area contributed by atoms with E-state index in [1.54, 1.807) is 0 Å². The number of furan rings is 1. The van der Waals surface area contributed by atoms with Crippen LogP contribution in [0, 0.1) is 0 Å². The van der Waals surface area contributed by atoms with Crippen molar-refractivity contribution < 1.29 is 4.42 Å². The molecule has 0 unspecified atom stereocenters. The second-order valence-corrected chi connectivity index (χ2v) is 14.1. The molecule has 240 valence electrons. The van der Waals surface area contributed by atoms with Crippen LogP contribution >= 0.6 is 0 Å². The average Bonchev–Trinajstić information content (AvgIpc) is 3.85. The first-order valence-corrected chi connectivity index (χ1v) is 18.0. The summed E-state index contributed by atoms with van der Waals surface area (Å²) in [7, 11) is 0. The Balaban J connectivity index is 1.27. The Morgan fingerprint density at radius 2 is 0.981 bits per heavy atom. The number of hydrogen-bond donors (Lipinski definition) is 0. The fraction of sp³-hybridized carbons (Fsp3) is 0.0200. The van der Waals surface area contributed by atoms with Gasteiger partial charge in [-0.1, -0.05) is 158 Å². The molecule has 0 N–H and O–H groups in total. The SMILES string of the molecule is c1ccc(-c2nc3ccccc3c3c2cc(-c2cccc4c2-c2ccccc2C42c4ccccc4-c4ccccc42)c2oc4ccccc4c23)cc1. The molecule has 2 heteroatoms. The minimum atomic E-state index is -0.425. The van der Waals surface area contributed by atoms with Crippen molar-refractivity contribution in [3.63, 3.8) is 0 Å². The number of rotatable bonds is 2. The van der Waals surface area contributed by atoms with E-state index in [2.05, 4.69) is 176 Å². The third-order valence-electron chi connectivity index (χ3n) is 11.7. The molecule has 0 fully saturated rings. The Morgan fingerprint density at radius 1 is 0.404 bits per heavy atom. The molecule has 0 saturated carbocycles. The summed E-state index contributed by atoms with van der Waals surface area (Å²) in [6.45, 7) is 0. The Morgan fingerprint density at radius 3 is 1.75 bits per heavy atom. The fourth-order valence-electron chi connectivity index (χ4n) is 9.71. The van der Waals surface area contributed by atoms with E-state index in [-0.39, 0.29) is 0 Å². The summed E-state index contributed by atoms with van der Waals surface area (Å²) < 4.78 is 7.00. The lowest BCUT2D eigenvalue weighted by Gasteiger charge is -2.30. The van der Waals surface area contributed by atoms with Gasteiger partial charge in [-0.15, -0.1) is 0 Å². The zero-order valence-electron chi connectivity index (χ0n) is 28.1. The second-order valence-electron chi connectivity index (χ2n) is 14.1. The van der Waals surface area contributed by atoms with Crippen LogP contribution in [0.5, 0.6) is 0 Å². The topological polar surface area (TPSA) is 26.0 Å². The van der Waals surface area contributed by atoms with Crippen LogP contribution < -0.4 is 0 Å². The first-order chi connectivity index (χ1) is 25.8. The molecule has 2 nitrogen and oxygen atoms in total. The maximum absolute atomic E-state index is 7.00. The van der Waals surface area contributed by atoms with E-state index in [1.165, 1.54) is 55.5 Å². The van der Waals surface area contributed by atoms with Gasteiger partial charge in [0.2, 0.25) is 0 Å². The molecule has 0 saturated heterocycles. The molecule has 0 atom stereocenters. The first kappa shape index (κ1) is 28.0. The summed E-state index contributed by atoms with van der Waals surface area (Å²) in [5.74, 6) is 0. The molecule has 10 aromatic rings. The molecule has 1 spiro atoms. The lowest BCUT2D eigenvalue weighted by atomic mass is 9.70. The molecule has 0 amide bonds. The van der Waals surface area contributed by atoms with Crippen molar-refractivity contribution in [3.8, 4) is 44.6 Å². The summed E-state index contributed by atoms with van der Waals surface area (Å²) in [6.07, 6.45) is 0. The molecule has 2 heterocycles.